The SMILES string of the molecule is c1ccc2[nH]c(-c3nccc4c3[nH]c3ccccc34)nc2c1. The molecule has 0 spiro atoms. The average molecular weight is 284 g/mol. The van der Waals surface area contributed by atoms with Gasteiger partial charge in [-0.1, -0.05) is 30.3 Å². The highest BCUT2D eigenvalue weighted by atomic mass is 15.0. The highest BCUT2D eigenvalue weighted by Crippen LogP contribution is 2.30. The monoisotopic (exact) mass is 284 g/mol. The van der Waals surface area contributed by atoms with Crippen molar-refractivity contribution in [2.75, 3.05) is 0 Å². The lowest BCUT2D eigenvalue weighted by molar-refractivity contribution is 1.25. The Balaban J connectivity index is 1.87. The van der Waals surface area contributed by atoms with Crippen LogP contribution >= 0.6 is 0 Å². The van der Waals surface area contributed by atoms with E-state index in [0.29, 0.717) is 0 Å². The van der Waals surface area contributed by atoms with Gasteiger partial charge < -0.3 is 9.97 Å². The van der Waals surface area contributed by atoms with Crippen molar-refractivity contribution in [2.45, 2.75) is 0 Å². The van der Waals surface area contributed by atoms with Crippen LogP contribution in [0.3, 0.4) is 0 Å². The summed E-state index contributed by atoms with van der Waals surface area (Å²) in [5.41, 5.74) is 4.95. The molecule has 0 aliphatic carbocycles. The number of aromatic nitrogens is 4. The van der Waals surface area contributed by atoms with Gasteiger partial charge in [0.1, 0.15) is 5.69 Å². The first kappa shape index (κ1) is 11.5. The van der Waals surface area contributed by atoms with Crippen LogP contribution in [0.2, 0.25) is 0 Å². The molecule has 2 aromatic carbocycles. The minimum absolute atomic E-state index is 0.790. The van der Waals surface area contributed by atoms with E-state index in [-0.39, 0.29) is 0 Å². The Bertz CT molecular complexity index is 1100. The first-order chi connectivity index (χ1) is 10.9. The van der Waals surface area contributed by atoms with Crippen molar-refractivity contribution < 1.29 is 0 Å². The van der Waals surface area contributed by atoms with Crippen molar-refractivity contribution in [3.8, 4) is 11.5 Å². The predicted octanol–water partition coefficient (Wildman–Crippen LogP) is 4.26. The molecule has 0 aliphatic rings. The topological polar surface area (TPSA) is 57.4 Å². The van der Waals surface area contributed by atoms with E-state index in [9.17, 15) is 0 Å². The molecule has 3 aromatic heterocycles. The first-order valence-corrected chi connectivity index (χ1v) is 7.21. The van der Waals surface area contributed by atoms with Crippen molar-refractivity contribution in [2.24, 2.45) is 0 Å². The van der Waals surface area contributed by atoms with E-state index in [2.05, 4.69) is 38.1 Å². The van der Waals surface area contributed by atoms with Gasteiger partial charge in [-0.3, -0.25) is 4.98 Å². The third-order valence-electron chi connectivity index (χ3n) is 4.04. The molecule has 0 radical (unpaired) electrons. The van der Waals surface area contributed by atoms with Gasteiger partial charge in [-0.15, -0.1) is 0 Å². The van der Waals surface area contributed by atoms with Crippen LogP contribution in [-0.2, 0) is 0 Å². The van der Waals surface area contributed by atoms with Gasteiger partial charge >= 0.3 is 0 Å². The quantitative estimate of drug-likeness (QED) is 0.483. The molecule has 5 rings (SSSR count). The maximum absolute atomic E-state index is 4.67. The van der Waals surface area contributed by atoms with E-state index in [1.807, 2.05) is 42.6 Å². The number of pyridine rings is 1. The molecule has 104 valence electrons. The number of hydrogen-bond donors (Lipinski definition) is 2. The molecule has 0 bridgehead atoms. The Morgan fingerprint density at radius 3 is 2.45 bits per heavy atom. The van der Waals surface area contributed by atoms with Crippen molar-refractivity contribution in [3.05, 3.63) is 60.8 Å². The molecule has 0 amide bonds. The third kappa shape index (κ3) is 1.52. The molecular formula is C18H12N4. The first-order valence-electron chi connectivity index (χ1n) is 7.21. The summed E-state index contributed by atoms with van der Waals surface area (Å²) in [6.45, 7) is 0. The summed E-state index contributed by atoms with van der Waals surface area (Å²) in [6.07, 6.45) is 1.84. The van der Waals surface area contributed by atoms with Crippen molar-refractivity contribution in [3.63, 3.8) is 0 Å². The number of hydrogen-bond acceptors (Lipinski definition) is 2. The molecule has 5 aromatic rings. The van der Waals surface area contributed by atoms with Gasteiger partial charge in [0.15, 0.2) is 5.82 Å². The number of aromatic amines is 2. The summed E-state index contributed by atoms with van der Waals surface area (Å²) in [7, 11) is 0. The zero-order chi connectivity index (χ0) is 14.5. The number of imidazole rings is 1. The van der Waals surface area contributed by atoms with E-state index in [4.69, 9.17) is 0 Å². The summed E-state index contributed by atoms with van der Waals surface area (Å²) < 4.78 is 0. The fraction of sp³-hybridized carbons (Fsp3) is 0. The highest BCUT2D eigenvalue weighted by molar-refractivity contribution is 6.10. The summed E-state index contributed by atoms with van der Waals surface area (Å²) in [5, 5.41) is 2.37. The van der Waals surface area contributed by atoms with E-state index in [1.54, 1.807) is 0 Å². The second-order valence-corrected chi connectivity index (χ2v) is 5.36. The third-order valence-corrected chi connectivity index (χ3v) is 4.04. The van der Waals surface area contributed by atoms with E-state index >= 15 is 0 Å². The lowest BCUT2D eigenvalue weighted by atomic mass is 10.1. The number of benzene rings is 2. The van der Waals surface area contributed by atoms with Crippen LogP contribution in [0.4, 0.5) is 0 Å². The molecule has 3 heterocycles. The van der Waals surface area contributed by atoms with Gasteiger partial charge in [-0.2, -0.15) is 0 Å². The van der Waals surface area contributed by atoms with Gasteiger partial charge in [0.05, 0.1) is 16.6 Å². The lowest BCUT2D eigenvalue weighted by Gasteiger charge is -1.98. The number of nitrogens with zero attached hydrogens (tertiary/aromatic N) is 2. The maximum Gasteiger partial charge on any atom is 0.159 e. The van der Waals surface area contributed by atoms with Crippen LogP contribution in [-0.4, -0.2) is 19.9 Å². The van der Waals surface area contributed by atoms with Gasteiger partial charge in [-0.25, -0.2) is 4.98 Å². The van der Waals surface area contributed by atoms with E-state index in [0.717, 1.165) is 33.6 Å². The molecular weight excluding hydrogens is 272 g/mol. The Hall–Kier alpha value is -3.14. The standard InChI is InChI=1S/C18H12N4/c1-2-6-13-11(5-1)12-9-10-19-17(16(12)20-13)18-21-14-7-3-4-8-15(14)22-18/h1-10,20H,(H,21,22). The fourth-order valence-corrected chi connectivity index (χ4v) is 3.02. The van der Waals surface area contributed by atoms with Gasteiger partial charge in [0, 0.05) is 22.5 Å². The molecule has 4 nitrogen and oxygen atoms in total. The number of fused-ring (bicyclic) bond motifs is 4. The largest absolute Gasteiger partial charge is 0.353 e. The number of H-pyrrole nitrogens is 2. The Kier molecular flexibility index (Phi) is 2.19. The van der Waals surface area contributed by atoms with E-state index < -0.39 is 0 Å². The lowest BCUT2D eigenvalue weighted by Crippen LogP contribution is -1.87. The second kappa shape index (κ2) is 4.18. The normalized spacial score (nSPS) is 11.6. The van der Waals surface area contributed by atoms with Crippen molar-refractivity contribution >= 4 is 32.8 Å². The average Bonchev–Trinajstić information content (AvgIpc) is 3.15. The Morgan fingerprint density at radius 2 is 1.55 bits per heavy atom. The van der Waals surface area contributed by atoms with Crippen LogP contribution in [0.1, 0.15) is 0 Å². The van der Waals surface area contributed by atoms with Crippen molar-refractivity contribution in [1.82, 2.24) is 19.9 Å². The zero-order valence-corrected chi connectivity index (χ0v) is 11.7. The van der Waals surface area contributed by atoms with Crippen LogP contribution in [0.15, 0.2) is 60.8 Å². The molecule has 0 fully saturated rings. The van der Waals surface area contributed by atoms with Gasteiger partial charge in [-0.05, 0) is 24.3 Å². The number of nitrogens with one attached hydrogen (secondary N) is 2. The number of rotatable bonds is 1. The molecule has 0 aliphatic heterocycles. The minimum atomic E-state index is 0.790. The molecule has 22 heavy (non-hydrogen) atoms. The van der Waals surface area contributed by atoms with Crippen molar-refractivity contribution in [1.29, 1.82) is 0 Å². The minimum Gasteiger partial charge on any atom is -0.353 e. The number of para-hydroxylation sites is 3. The van der Waals surface area contributed by atoms with Crippen LogP contribution in [0.5, 0.6) is 0 Å². The molecule has 0 saturated heterocycles. The summed E-state index contributed by atoms with van der Waals surface area (Å²) >= 11 is 0. The molecule has 2 N–H and O–H groups in total. The van der Waals surface area contributed by atoms with Gasteiger partial charge in [0.25, 0.3) is 0 Å². The fourth-order valence-electron chi connectivity index (χ4n) is 3.02. The summed E-state index contributed by atoms with van der Waals surface area (Å²) in [6, 6.07) is 18.3. The second-order valence-electron chi connectivity index (χ2n) is 5.36. The molecule has 4 heteroatoms. The van der Waals surface area contributed by atoms with Crippen LogP contribution in [0.25, 0.3) is 44.4 Å². The van der Waals surface area contributed by atoms with Crippen LogP contribution < -0.4 is 0 Å². The maximum atomic E-state index is 4.67. The Morgan fingerprint density at radius 1 is 0.727 bits per heavy atom. The van der Waals surface area contributed by atoms with Gasteiger partial charge in [0.2, 0.25) is 0 Å². The molecule has 0 atom stereocenters. The van der Waals surface area contributed by atoms with Crippen LogP contribution in [0, 0.1) is 0 Å². The Labute approximate surface area is 125 Å². The summed E-state index contributed by atoms with van der Waals surface area (Å²) in [4.78, 5) is 16.0. The molecule has 0 saturated carbocycles. The molecule has 0 unspecified atom stereocenters. The zero-order valence-electron chi connectivity index (χ0n) is 11.7. The van der Waals surface area contributed by atoms with E-state index in [1.165, 1.54) is 10.8 Å². The predicted molar refractivity (Wildman–Crippen MR) is 88.7 cm³/mol. The smallest absolute Gasteiger partial charge is 0.159 e. The summed E-state index contributed by atoms with van der Waals surface area (Å²) in [5.74, 6) is 0.790. The highest BCUT2D eigenvalue weighted by Gasteiger charge is 2.13.